The van der Waals surface area contributed by atoms with Crippen molar-refractivity contribution in [3.05, 3.63) is 58.6 Å². The van der Waals surface area contributed by atoms with E-state index >= 15 is 0 Å². The lowest BCUT2D eigenvalue weighted by atomic mass is 10.2. The topological polar surface area (TPSA) is 40.5 Å². The number of rotatable bonds is 2. The predicted octanol–water partition coefficient (Wildman–Crippen LogP) is 3.43. The first kappa shape index (κ1) is 12.6. The number of aromatic hydroxyl groups is 1. The molecule has 0 aliphatic carbocycles. The first-order chi connectivity index (χ1) is 8.58. The second-order valence-corrected chi connectivity index (χ2v) is 4.81. The van der Waals surface area contributed by atoms with Gasteiger partial charge in [-0.3, -0.25) is 4.79 Å². The number of anilines is 1. The molecule has 0 spiro atoms. The highest BCUT2D eigenvalue weighted by molar-refractivity contribution is 9.10. The van der Waals surface area contributed by atoms with Crippen LogP contribution in [0.1, 0.15) is 10.4 Å². The maximum atomic E-state index is 12.2. The van der Waals surface area contributed by atoms with Gasteiger partial charge in [-0.15, -0.1) is 0 Å². The zero-order valence-electron chi connectivity index (χ0n) is 9.80. The summed E-state index contributed by atoms with van der Waals surface area (Å²) in [6.45, 7) is 0. The van der Waals surface area contributed by atoms with Gasteiger partial charge in [0.1, 0.15) is 5.75 Å². The molecule has 3 nitrogen and oxygen atoms in total. The molecule has 0 fully saturated rings. The number of carbonyl (C=O) groups excluding carboxylic acids is 1. The van der Waals surface area contributed by atoms with Crippen LogP contribution in [0.3, 0.4) is 0 Å². The number of phenols is 1. The molecule has 92 valence electrons. The van der Waals surface area contributed by atoms with E-state index in [1.54, 1.807) is 43.4 Å². The number of benzene rings is 2. The van der Waals surface area contributed by atoms with Gasteiger partial charge in [-0.25, -0.2) is 0 Å². The molecule has 0 saturated carbocycles. The fraction of sp³-hybridized carbons (Fsp3) is 0.0714. The molecule has 0 radical (unpaired) electrons. The van der Waals surface area contributed by atoms with Crippen molar-refractivity contribution >= 4 is 27.5 Å². The summed E-state index contributed by atoms with van der Waals surface area (Å²) in [5.74, 6) is 0.0241. The Kier molecular flexibility index (Phi) is 3.67. The summed E-state index contributed by atoms with van der Waals surface area (Å²) >= 11 is 3.33. The lowest BCUT2D eigenvalue weighted by molar-refractivity contribution is 0.0993. The predicted molar refractivity (Wildman–Crippen MR) is 75.0 cm³/mol. The Morgan fingerprint density at radius 3 is 2.44 bits per heavy atom. The highest BCUT2D eigenvalue weighted by Crippen LogP contribution is 2.21. The Balaban J connectivity index is 2.26. The van der Waals surface area contributed by atoms with Crippen molar-refractivity contribution in [2.45, 2.75) is 0 Å². The van der Waals surface area contributed by atoms with E-state index in [-0.39, 0.29) is 11.7 Å². The van der Waals surface area contributed by atoms with Gasteiger partial charge in [0.25, 0.3) is 5.91 Å². The van der Waals surface area contributed by atoms with Crippen LogP contribution in [0.25, 0.3) is 0 Å². The van der Waals surface area contributed by atoms with E-state index in [1.807, 2.05) is 12.1 Å². The molecule has 0 aliphatic rings. The van der Waals surface area contributed by atoms with Gasteiger partial charge in [-0.2, -0.15) is 0 Å². The summed E-state index contributed by atoms with van der Waals surface area (Å²) in [5, 5.41) is 9.41. The van der Waals surface area contributed by atoms with Crippen LogP contribution in [0.5, 0.6) is 5.75 Å². The van der Waals surface area contributed by atoms with Crippen LogP contribution in [-0.4, -0.2) is 18.1 Å². The van der Waals surface area contributed by atoms with Gasteiger partial charge in [-0.05, 0) is 36.4 Å². The Morgan fingerprint density at radius 2 is 1.83 bits per heavy atom. The first-order valence-electron chi connectivity index (χ1n) is 5.40. The monoisotopic (exact) mass is 305 g/mol. The van der Waals surface area contributed by atoms with Crippen LogP contribution in [0.2, 0.25) is 0 Å². The molecule has 0 unspecified atom stereocenters. The van der Waals surface area contributed by atoms with Gasteiger partial charge in [0.05, 0.1) is 0 Å². The van der Waals surface area contributed by atoms with Crippen molar-refractivity contribution in [2.24, 2.45) is 0 Å². The maximum absolute atomic E-state index is 12.2. The zero-order valence-corrected chi connectivity index (χ0v) is 11.4. The lowest BCUT2D eigenvalue weighted by Gasteiger charge is -2.17. The standard InChI is InChI=1S/C14H12BrNO2/c1-16(12-3-2-4-13(17)9-12)14(18)10-5-7-11(15)8-6-10/h2-9,17H,1H3. The fourth-order valence-corrected chi connectivity index (χ4v) is 1.87. The van der Waals surface area contributed by atoms with Gasteiger partial charge >= 0.3 is 0 Å². The second kappa shape index (κ2) is 5.23. The highest BCUT2D eigenvalue weighted by atomic mass is 79.9. The molecule has 2 aromatic carbocycles. The van der Waals surface area contributed by atoms with Crippen LogP contribution in [0.4, 0.5) is 5.69 Å². The molecular weight excluding hydrogens is 294 g/mol. The third-order valence-electron chi connectivity index (χ3n) is 2.61. The number of halogens is 1. The summed E-state index contributed by atoms with van der Waals surface area (Å²) in [7, 11) is 1.68. The van der Waals surface area contributed by atoms with E-state index in [1.165, 1.54) is 4.90 Å². The van der Waals surface area contributed by atoms with Gasteiger partial charge < -0.3 is 10.0 Å². The molecule has 0 bridgehead atoms. The number of carbonyl (C=O) groups is 1. The SMILES string of the molecule is CN(C(=O)c1ccc(Br)cc1)c1cccc(O)c1. The summed E-state index contributed by atoms with van der Waals surface area (Å²) in [5.41, 5.74) is 1.26. The smallest absolute Gasteiger partial charge is 0.258 e. The van der Waals surface area contributed by atoms with Gasteiger partial charge in [0.15, 0.2) is 0 Å². The highest BCUT2D eigenvalue weighted by Gasteiger charge is 2.13. The van der Waals surface area contributed by atoms with Crippen molar-refractivity contribution in [1.29, 1.82) is 0 Å². The Bertz CT molecular complexity index is 566. The van der Waals surface area contributed by atoms with Crippen LogP contribution < -0.4 is 4.90 Å². The first-order valence-corrected chi connectivity index (χ1v) is 6.20. The Labute approximate surface area is 114 Å². The quantitative estimate of drug-likeness (QED) is 0.923. The summed E-state index contributed by atoms with van der Waals surface area (Å²) in [6, 6.07) is 13.8. The van der Waals surface area contributed by atoms with E-state index in [0.717, 1.165) is 4.47 Å². The molecule has 18 heavy (non-hydrogen) atoms. The van der Waals surface area contributed by atoms with Gasteiger partial charge in [0, 0.05) is 28.8 Å². The molecule has 2 rings (SSSR count). The average molecular weight is 306 g/mol. The summed E-state index contributed by atoms with van der Waals surface area (Å²) in [4.78, 5) is 13.7. The molecular formula is C14H12BrNO2. The van der Waals surface area contributed by atoms with Crippen LogP contribution in [0, 0.1) is 0 Å². The van der Waals surface area contributed by atoms with Crippen LogP contribution >= 0.6 is 15.9 Å². The van der Waals surface area contributed by atoms with Crippen molar-refractivity contribution in [1.82, 2.24) is 0 Å². The molecule has 0 aliphatic heterocycles. The van der Waals surface area contributed by atoms with Crippen molar-refractivity contribution in [3.8, 4) is 5.75 Å². The number of hydrogen-bond acceptors (Lipinski definition) is 2. The largest absolute Gasteiger partial charge is 0.508 e. The van der Waals surface area contributed by atoms with Crippen LogP contribution in [0.15, 0.2) is 53.0 Å². The molecule has 1 amide bonds. The van der Waals surface area contributed by atoms with E-state index in [9.17, 15) is 9.90 Å². The summed E-state index contributed by atoms with van der Waals surface area (Å²) in [6.07, 6.45) is 0. The molecule has 0 saturated heterocycles. The molecule has 4 heteroatoms. The molecule has 2 aromatic rings. The number of nitrogens with zero attached hydrogens (tertiary/aromatic N) is 1. The van der Waals surface area contributed by atoms with Gasteiger partial charge in [0.2, 0.25) is 0 Å². The third kappa shape index (κ3) is 2.71. The number of hydrogen-bond donors (Lipinski definition) is 1. The van der Waals surface area contributed by atoms with Crippen molar-refractivity contribution in [2.75, 3.05) is 11.9 Å². The van der Waals surface area contributed by atoms with Crippen molar-refractivity contribution in [3.63, 3.8) is 0 Å². The van der Waals surface area contributed by atoms with E-state index < -0.39 is 0 Å². The minimum atomic E-state index is -0.117. The normalized spacial score (nSPS) is 10.1. The van der Waals surface area contributed by atoms with E-state index in [0.29, 0.717) is 11.3 Å². The van der Waals surface area contributed by atoms with E-state index in [2.05, 4.69) is 15.9 Å². The molecule has 1 N–H and O–H groups in total. The minimum Gasteiger partial charge on any atom is -0.508 e. The minimum absolute atomic E-state index is 0.117. The lowest BCUT2D eigenvalue weighted by Crippen LogP contribution is -2.25. The Morgan fingerprint density at radius 1 is 1.17 bits per heavy atom. The fourth-order valence-electron chi connectivity index (χ4n) is 1.61. The third-order valence-corrected chi connectivity index (χ3v) is 3.14. The average Bonchev–Trinajstić information content (AvgIpc) is 2.38. The van der Waals surface area contributed by atoms with Crippen LogP contribution in [-0.2, 0) is 0 Å². The second-order valence-electron chi connectivity index (χ2n) is 3.89. The molecule has 0 heterocycles. The molecule has 0 atom stereocenters. The van der Waals surface area contributed by atoms with Gasteiger partial charge in [-0.1, -0.05) is 22.0 Å². The number of amides is 1. The summed E-state index contributed by atoms with van der Waals surface area (Å²) < 4.78 is 0.930. The number of phenolic OH excluding ortho intramolecular Hbond substituents is 1. The maximum Gasteiger partial charge on any atom is 0.258 e. The van der Waals surface area contributed by atoms with E-state index in [4.69, 9.17) is 0 Å². The van der Waals surface area contributed by atoms with Crippen molar-refractivity contribution < 1.29 is 9.90 Å². The zero-order chi connectivity index (χ0) is 13.1. The molecule has 0 aromatic heterocycles. The Hall–Kier alpha value is -1.81.